The summed E-state index contributed by atoms with van der Waals surface area (Å²) in [5, 5.41) is 4.07. The third-order valence-electron chi connectivity index (χ3n) is 3.64. The molecule has 20 heavy (non-hydrogen) atoms. The van der Waals surface area contributed by atoms with Crippen molar-refractivity contribution >= 4 is 10.0 Å². The minimum Gasteiger partial charge on any atom is -0.330 e. The maximum Gasteiger partial charge on any atom is 0.243 e. The van der Waals surface area contributed by atoms with Crippen LogP contribution < -0.4 is 10.5 Å². The van der Waals surface area contributed by atoms with Gasteiger partial charge in [0.15, 0.2) is 0 Å². The van der Waals surface area contributed by atoms with Crippen LogP contribution in [0.5, 0.6) is 0 Å². The van der Waals surface area contributed by atoms with E-state index < -0.39 is 10.0 Å². The van der Waals surface area contributed by atoms with Crippen LogP contribution in [0.4, 0.5) is 0 Å². The van der Waals surface area contributed by atoms with Gasteiger partial charge in [0, 0.05) is 18.8 Å². The van der Waals surface area contributed by atoms with E-state index in [2.05, 4.69) is 9.82 Å². The van der Waals surface area contributed by atoms with Crippen LogP contribution >= 0.6 is 0 Å². The molecule has 1 aromatic heterocycles. The molecule has 1 atom stereocenters. The van der Waals surface area contributed by atoms with Gasteiger partial charge in [0.05, 0.1) is 6.20 Å². The van der Waals surface area contributed by atoms with E-state index in [1.807, 2.05) is 6.92 Å². The molecule has 114 valence electrons. The number of hydrogen-bond donors (Lipinski definition) is 2. The summed E-state index contributed by atoms with van der Waals surface area (Å²) in [6, 6.07) is 0.0277. The van der Waals surface area contributed by atoms with Crippen molar-refractivity contribution < 1.29 is 8.42 Å². The van der Waals surface area contributed by atoms with Crippen LogP contribution in [-0.4, -0.2) is 30.8 Å². The molecular formula is C13H24N4O2S. The zero-order valence-electron chi connectivity index (χ0n) is 12.0. The van der Waals surface area contributed by atoms with Crippen LogP contribution in [0.25, 0.3) is 0 Å². The summed E-state index contributed by atoms with van der Waals surface area (Å²) >= 11 is 0. The third kappa shape index (κ3) is 4.29. The number of sulfonamides is 1. The molecule has 6 nitrogen and oxygen atoms in total. The second kappa shape index (κ2) is 6.69. The molecule has 1 fully saturated rings. The lowest BCUT2D eigenvalue weighted by atomic mass is 10.1. The van der Waals surface area contributed by atoms with Gasteiger partial charge in [-0.2, -0.15) is 5.10 Å². The van der Waals surface area contributed by atoms with E-state index in [1.165, 1.54) is 19.0 Å². The van der Waals surface area contributed by atoms with E-state index in [9.17, 15) is 8.42 Å². The molecule has 3 N–H and O–H groups in total. The Labute approximate surface area is 120 Å². The van der Waals surface area contributed by atoms with E-state index in [0.29, 0.717) is 19.0 Å². The molecule has 0 aliphatic heterocycles. The highest BCUT2D eigenvalue weighted by Gasteiger charge is 2.28. The van der Waals surface area contributed by atoms with Crippen molar-refractivity contribution in [2.24, 2.45) is 11.7 Å². The van der Waals surface area contributed by atoms with Crippen molar-refractivity contribution in [3.8, 4) is 0 Å². The molecule has 0 bridgehead atoms. The smallest absolute Gasteiger partial charge is 0.243 e. The van der Waals surface area contributed by atoms with Gasteiger partial charge in [0.2, 0.25) is 10.0 Å². The predicted octanol–water partition coefficient (Wildman–Crippen LogP) is 1.09. The fraction of sp³-hybridized carbons (Fsp3) is 0.769. The Bertz CT molecular complexity index is 522. The van der Waals surface area contributed by atoms with Crippen molar-refractivity contribution in [3.63, 3.8) is 0 Å². The summed E-state index contributed by atoms with van der Waals surface area (Å²) in [6.07, 6.45) is 7.98. The fourth-order valence-electron chi connectivity index (χ4n) is 2.20. The lowest BCUT2D eigenvalue weighted by Gasteiger charge is -2.15. The van der Waals surface area contributed by atoms with Crippen molar-refractivity contribution in [1.82, 2.24) is 14.5 Å². The summed E-state index contributed by atoms with van der Waals surface area (Å²) in [6.45, 7) is 3.23. The Balaban J connectivity index is 1.98. The first-order valence-corrected chi connectivity index (χ1v) is 8.78. The highest BCUT2D eigenvalue weighted by Crippen LogP contribution is 2.34. The van der Waals surface area contributed by atoms with Gasteiger partial charge in [-0.25, -0.2) is 13.1 Å². The van der Waals surface area contributed by atoms with E-state index >= 15 is 0 Å². The van der Waals surface area contributed by atoms with Gasteiger partial charge < -0.3 is 5.73 Å². The van der Waals surface area contributed by atoms with Gasteiger partial charge in [-0.15, -0.1) is 0 Å². The highest BCUT2D eigenvalue weighted by molar-refractivity contribution is 7.89. The quantitative estimate of drug-likeness (QED) is 0.714. The van der Waals surface area contributed by atoms with E-state index in [1.54, 1.807) is 10.9 Å². The van der Waals surface area contributed by atoms with Crippen molar-refractivity contribution in [2.75, 3.05) is 6.54 Å². The number of nitrogens with one attached hydrogen (secondary N) is 1. The number of nitrogens with two attached hydrogens (primary N) is 1. The lowest BCUT2D eigenvalue weighted by molar-refractivity contribution is 0.495. The monoisotopic (exact) mass is 300 g/mol. The topological polar surface area (TPSA) is 90.0 Å². The van der Waals surface area contributed by atoms with Crippen molar-refractivity contribution in [1.29, 1.82) is 0 Å². The molecule has 7 heteroatoms. The average molecular weight is 300 g/mol. The van der Waals surface area contributed by atoms with Crippen LogP contribution in [0.15, 0.2) is 17.3 Å². The molecule has 1 unspecified atom stereocenters. The normalized spacial score (nSPS) is 17.3. The molecule has 0 radical (unpaired) electrons. The van der Waals surface area contributed by atoms with Crippen molar-refractivity contribution in [3.05, 3.63) is 12.4 Å². The average Bonchev–Trinajstić information content (AvgIpc) is 3.09. The Morgan fingerprint density at radius 1 is 1.55 bits per heavy atom. The Kier molecular flexibility index (Phi) is 5.17. The van der Waals surface area contributed by atoms with Crippen LogP contribution in [-0.2, 0) is 16.6 Å². The number of rotatable bonds is 9. The molecule has 0 saturated heterocycles. The first kappa shape index (κ1) is 15.5. The Hall–Kier alpha value is -0.920. The summed E-state index contributed by atoms with van der Waals surface area (Å²) in [5.41, 5.74) is 5.43. The molecule has 1 aliphatic rings. The minimum absolute atomic E-state index is 0.0277. The molecule has 1 saturated carbocycles. The summed E-state index contributed by atoms with van der Waals surface area (Å²) in [7, 11) is -3.46. The standard InChI is InChI=1S/C13H24N4O2S/c1-2-12(8-11-4-5-11)16-20(18,19)13-9-15-17(10-13)7-3-6-14/h9-12,16H,2-8,14H2,1H3. The molecule has 0 amide bonds. The molecule has 1 heterocycles. The fourth-order valence-corrected chi connectivity index (χ4v) is 3.48. The summed E-state index contributed by atoms with van der Waals surface area (Å²) < 4.78 is 29.0. The van der Waals surface area contributed by atoms with Crippen LogP contribution in [0, 0.1) is 5.92 Å². The van der Waals surface area contributed by atoms with Gasteiger partial charge >= 0.3 is 0 Å². The SMILES string of the molecule is CCC(CC1CC1)NS(=O)(=O)c1cnn(CCCN)c1. The molecular weight excluding hydrogens is 276 g/mol. The predicted molar refractivity (Wildman–Crippen MR) is 77.6 cm³/mol. The Morgan fingerprint density at radius 3 is 2.90 bits per heavy atom. The maximum atomic E-state index is 12.3. The van der Waals surface area contributed by atoms with E-state index in [-0.39, 0.29) is 10.9 Å². The Morgan fingerprint density at radius 2 is 2.30 bits per heavy atom. The number of nitrogens with zero attached hydrogens (tertiary/aromatic N) is 2. The van der Waals surface area contributed by atoms with Gasteiger partial charge in [-0.3, -0.25) is 4.68 Å². The number of aromatic nitrogens is 2. The zero-order valence-corrected chi connectivity index (χ0v) is 12.8. The molecule has 1 aliphatic carbocycles. The van der Waals surface area contributed by atoms with Crippen LogP contribution in [0.1, 0.15) is 39.0 Å². The number of aryl methyl sites for hydroxylation is 1. The van der Waals surface area contributed by atoms with Crippen LogP contribution in [0.2, 0.25) is 0 Å². The largest absolute Gasteiger partial charge is 0.330 e. The van der Waals surface area contributed by atoms with Gasteiger partial charge in [-0.1, -0.05) is 19.8 Å². The van der Waals surface area contributed by atoms with E-state index in [4.69, 9.17) is 5.73 Å². The maximum absolute atomic E-state index is 12.3. The highest BCUT2D eigenvalue weighted by atomic mass is 32.2. The summed E-state index contributed by atoms with van der Waals surface area (Å²) in [5.74, 6) is 0.704. The number of hydrogen-bond acceptors (Lipinski definition) is 4. The second-order valence-corrected chi connectivity index (χ2v) is 7.20. The molecule has 2 rings (SSSR count). The van der Waals surface area contributed by atoms with Gasteiger partial charge in [0.25, 0.3) is 0 Å². The van der Waals surface area contributed by atoms with Crippen molar-refractivity contribution in [2.45, 2.75) is 56.5 Å². The summed E-state index contributed by atoms with van der Waals surface area (Å²) in [4.78, 5) is 0.240. The van der Waals surface area contributed by atoms with Gasteiger partial charge in [0.1, 0.15) is 4.90 Å². The minimum atomic E-state index is -3.46. The first-order valence-electron chi connectivity index (χ1n) is 7.30. The molecule has 0 aromatic carbocycles. The molecule has 0 spiro atoms. The first-order chi connectivity index (χ1) is 9.55. The second-order valence-electron chi connectivity index (χ2n) is 5.49. The third-order valence-corrected chi connectivity index (χ3v) is 5.12. The van der Waals surface area contributed by atoms with Gasteiger partial charge in [-0.05, 0) is 31.7 Å². The van der Waals surface area contributed by atoms with Crippen LogP contribution in [0.3, 0.4) is 0 Å². The van der Waals surface area contributed by atoms with E-state index in [0.717, 1.165) is 19.3 Å². The zero-order chi connectivity index (χ0) is 14.6. The lowest BCUT2D eigenvalue weighted by Crippen LogP contribution is -2.34. The molecule has 1 aromatic rings.